The van der Waals surface area contributed by atoms with Gasteiger partial charge in [-0.25, -0.2) is 4.98 Å². The summed E-state index contributed by atoms with van der Waals surface area (Å²) in [6, 6.07) is 11.2. The number of hydrogen-bond acceptors (Lipinski definition) is 6. The van der Waals surface area contributed by atoms with E-state index in [1.165, 1.54) is 0 Å². The third-order valence-electron chi connectivity index (χ3n) is 3.62. The second kappa shape index (κ2) is 11.6. The topological polar surface area (TPSA) is 81.7 Å². The minimum atomic E-state index is -0.150. The summed E-state index contributed by atoms with van der Waals surface area (Å²) in [6.45, 7) is 2.49. The molecule has 2 heterocycles. The van der Waals surface area contributed by atoms with Gasteiger partial charge in [0.25, 0.3) is 0 Å². The maximum Gasteiger partial charge on any atom is 0.239 e. The van der Waals surface area contributed by atoms with E-state index < -0.39 is 0 Å². The molecule has 0 spiro atoms. The molecule has 2 N–H and O–H groups in total. The molecule has 148 valence electrons. The van der Waals surface area contributed by atoms with Crippen LogP contribution in [0.15, 0.2) is 36.4 Å². The van der Waals surface area contributed by atoms with Crippen LogP contribution in [0.3, 0.4) is 0 Å². The van der Waals surface area contributed by atoms with Crippen LogP contribution >= 0.6 is 24.8 Å². The minimum absolute atomic E-state index is 0. The first-order chi connectivity index (χ1) is 12.3. The molecule has 1 amide bonds. The number of anilines is 1. The monoisotopic (exact) mass is 415 g/mol. The molecular weight excluding hydrogens is 393 g/mol. The zero-order valence-electron chi connectivity index (χ0n) is 14.9. The molecular formula is C18H23Cl2N3O4. The van der Waals surface area contributed by atoms with Crippen molar-refractivity contribution in [1.29, 1.82) is 0 Å². The van der Waals surface area contributed by atoms with Gasteiger partial charge in [-0.1, -0.05) is 6.07 Å². The molecule has 9 heteroatoms. The van der Waals surface area contributed by atoms with Crippen LogP contribution in [0.4, 0.5) is 5.82 Å². The Kier molecular flexibility index (Phi) is 9.88. The van der Waals surface area contributed by atoms with Gasteiger partial charge >= 0.3 is 0 Å². The highest BCUT2D eigenvalue weighted by Crippen LogP contribution is 2.34. The molecule has 7 nitrogen and oxygen atoms in total. The van der Waals surface area contributed by atoms with Gasteiger partial charge in [-0.15, -0.1) is 24.8 Å². The number of hydrogen-bond donors (Lipinski definition) is 2. The van der Waals surface area contributed by atoms with E-state index in [0.29, 0.717) is 37.9 Å². The van der Waals surface area contributed by atoms with Crippen molar-refractivity contribution in [1.82, 2.24) is 10.3 Å². The number of carbonyl (C=O) groups excluding carboxylic acids is 1. The number of nitrogens with one attached hydrogen (secondary N) is 2. The molecule has 1 aromatic heterocycles. The summed E-state index contributed by atoms with van der Waals surface area (Å²) in [6.07, 6.45) is 0. The molecule has 1 aliphatic heterocycles. The third-order valence-corrected chi connectivity index (χ3v) is 3.62. The maximum absolute atomic E-state index is 11.9. The lowest BCUT2D eigenvalue weighted by atomic mass is 10.1. The molecule has 0 saturated heterocycles. The Morgan fingerprint density at radius 1 is 1.15 bits per heavy atom. The number of ether oxygens (including phenoxy) is 3. The molecule has 1 aromatic carbocycles. The zero-order valence-corrected chi connectivity index (χ0v) is 16.5. The van der Waals surface area contributed by atoms with Crippen LogP contribution in [0.25, 0.3) is 11.3 Å². The smallest absolute Gasteiger partial charge is 0.239 e. The number of amides is 1. The van der Waals surface area contributed by atoms with Gasteiger partial charge in [0, 0.05) is 19.2 Å². The summed E-state index contributed by atoms with van der Waals surface area (Å²) in [4.78, 5) is 16.4. The fraction of sp³-hybridized carbons (Fsp3) is 0.333. The predicted octanol–water partition coefficient (Wildman–Crippen LogP) is 2.54. The van der Waals surface area contributed by atoms with E-state index in [0.717, 1.165) is 17.0 Å². The fourth-order valence-electron chi connectivity index (χ4n) is 2.43. The Labute approximate surface area is 170 Å². The number of nitrogens with zero attached hydrogens (tertiary/aromatic N) is 1. The van der Waals surface area contributed by atoms with Crippen LogP contribution in [0, 0.1) is 0 Å². The van der Waals surface area contributed by atoms with Gasteiger partial charge in [0.2, 0.25) is 5.91 Å². The lowest BCUT2D eigenvalue weighted by Gasteiger charge is -2.18. The number of carbonyl (C=O) groups is 1. The normalized spacial score (nSPS) is 11.7. The van der Waals surface area contributed by atoms with Crippen LogP contribution in [0.1, 0.15) is 0 Å². The van der Waals surface area contributed by atoms with Gasteiger partial charge in [-0.05, 0) is 30.3 Å². The Bertz CT molecular complexity index is 746. The average molecular weight is 416 g/mol. The van der Waals surface area contributed by atoms with E-state index >= 15 is 0 Å². The summed E-state index contributed by atoms with van der Waals surface area (Å²) >= 11 is 0. The van der Waals surface area contributed by atoms with Crippen molar-refractivity contribution in [2.75, 3.05) is 45.3 Å². The number of methoxy groups -OCH3 is 1. The van der Waals surface area contributed by atoms with Crippen LogP contribution in [-0.4, -0.2) is 50.9 Å². The van der Waals surface area contributed by atoms with Gasteiger partial charge in [0.05, 0.1) is 18.8 Å². The maximum atomic E-state index is 11.9. The largest absolute Gasteiger partial charge is 0.486 e. The highest BCUT2D eigenvalue weighted by Gasteiger charge is 2.13. The van der Waals surface area contributed by atoms with Crippen LogP contribution in [0.2, 0.25) is 0 Å². The standard InChI is InChI=1S/C18H21N3O4.2ClH/c1-23-8-7-19-12-18(22)21-17-4-2-3-14(20-17)13-5-6-15-16(11-13)25-10-9-24-15;;/h2-6,11,19H,7-10,12H2,1H3,(H,20,21,22);2*1H. The Morgan fingerprint density at radius 2 is 1.93 bits per heavy atom. The first-order valence-corrected chi connectivity index (χ1v) is 8.13. The number of aromatic nitrogens is 1. The second-order valence-electron chi connectivity index (χ2n) is 5.48. The summed E-state index contributed by atoms with van der Waals surface area (Å²) < 4.78 is 16.1. The lowest BCUT2D eigenvalue weighted by Crippen LogP contribution is -2.30. The van der Waals surface area contributed by atoms with Crippen molar-refractivity contribution < 1.29 is 19.0 Å². The van der Waals surface area contributed by atoms with E-state index in [1.54, 1.807) is 13.2 Å². The van der Waals surface area contributed by atoms with E-state index in [4.69, 9.17) is 14.2 Å². The van der Waals surface area contributed by atoms with Crippen molar-refractivity contribution in [3.63, 3.8) is 0 Å². The predicted molar refractivity (Wildman–Crippen MR) is 109 cm³/mol. The van der Waals surface area contributed by atoms with E-state index in [1.807, 2.05) is 30.3 Å². The van der Waals surface area contributed by atoms with Gasteiger partial charge in [-0.3, -0.25) is 4.79 Å². The van der Waals surface area contributed by atoms with E-state index in [2.05, 4.69) is 15.6 Å². The zero-order chi connectivity index (χ0) is 17.5. The van der Waals surface area contributed by atoms with Crippen molar-refractivity contribution in [3.05, 3.63) is 36.4 Å². The van der Waals surface area contributed by atoms with E-state index in [-0.39, 0.29) is 37.3 Å². The molecule has 0 atom stereocenters. The molecule has 0 unspecified atom stereocenters. The highest BCUT2D eigenvalue weighted by atomic mass is 35.5. The van der Waals surface area contributed by atoms with Crippen molar-refractivity contribution in [2.45, 2.75) is 0 Å². The van der Waals surface area contributed by atoms with E-state index in [9.17, 15) is 4.79 Å². The first-order valence-electron chi connectivity index (χ1n) is 8.13. The van der Waals surface area contributed by atoms with Crippen molar-refractivity contribution in [3.8, 4) is 22.8 Å². The average Bonchev–Trinajstić information content (AvgIpc) is 2.65. The first kappa shape index (κ1) is 23.0. The summed E-state index contributed by atoms with van der Waals surface area (Å²) in [5.74, 6) is 1.80. The van der Waals surface area contributed by atoms with Gasteiger partial charge in [0.15, 0.2) is 11.5 Å². The highest BCUT2D eigenvalue weighted by molar-refractivity contribution is 5.91. The number of fused-ring (bicyclic) bond motifs is 1. The SMILES string of the molecule is COCCNCC(=O)Nc1cccc(-c2ccc3c(c2)OCCO3)n1.Cl.Cl. The van der Waals surface area contributed by atoms with Gasteiger partial charge in [-0.2, -0.15) is 0 Å². The Hall–Kier alpha value is -2.06. The lowest BCUT2D eigenvalue weighted by molar-refractivity contribution is -0.115. The number of halogens is 2. The minimum Gasteiger partial charge on any atom is -0.486 e. The number of pyridine rings is 1. The van der Waals surface area contributed by atoms with Crippen molar-refractivity contribution >= 4 is 36.5 Å². The molecule has 1 aliphatic rings. The fourth-order valence-corrected chi connectivity index (χ4v) is 2.43. The molecule has 0 fully saturated rings. The molecule has 0 saturated carbocycles. The molecule has 0 aliphatic carbocycles. The molecule has 2 aromatic rings. The second-order valence-corrected chi connectivity index (χ2v) is 5.48. The molecule has 0 bridgehead atoms. The number of rotatable bonds is 7. The molecule has 0 radical (unpaired) electrons. The quantitative estimate of drug-likeness (QED) is 0.676. The molecule has 27 heavy (non-hydrogen) atoms. The summed E-state index contributed by atoms with van der Waals surface area (Å²) in [5.41, 5.74) is 1.65. The molecule has 3 rings (SSSR count). The van der Waals surface area contributed by atoms with Crippen LogP contribution in [0.5, 0.6) is 11.5 Å². The van der Waals surface area contributed by atoms with Crippen molar-refractivity contribution in [2.24, 2.45) is 0 Å². The van der Waals surface area contributed by atoms with Crippen LogP contribution < -0.4 is 20.1 Å². The Morgan fingerprint density at radius 3 is 2.70 bits per heavy atom. The van der Waals surface area contributed by atoms with Gasteiger partial charge < -0.3 is 24.8 Å². The van der Waals surface area contributed by atoms with Gasteiger partial charge in [0.1, 0.15) is 19.0 Å². The van der Waals surface area contributed by atoms with Crippen LogP contribution in [-0.2, 0) is 9.53 Å². The third kappa shape index (κ3) is 6.55. The Balaban J connectivity index is 0.00000182. The summed E-state index contributed by atoms with van der Waals surface area (Å²) in [5, 5.41) is 5.77. The summed E-state index contributed by atoms with van der Waals surface area (Å²) in [7, 11) is 1.62. The number of benzene rings is 1.